The topological polar surface area (TPSA) is 47.7 Å². The number of nitrogens with one attached hydrogen (secondary N) is 1. The van der Waals surface area contributed by atoms with Gasteiger partial charge in [0, 0.05) is 49.7 Å². The van der Waals surface area contributed by atoms with Crippen LogP contribution in [0.3, 0.4) is 0 Å². The molecule has 5 nitrogen and oxygen atoms in total. The van der Waals surface area contributed by atoms with Crippen LogP contribution in [0.4, 0.5) is 0 Å². The van der Waals surface area contributed by atoms with Gasteiger partial charge in [-0.3, -0.25) is 4.68 Å². The van der Waals surface area contributed by atoms with Crippen LogP contribution < -0.4 is 5.32 Å². The first-order chi connectivity index (χ1) is 10.1. The number of hydrogen-bond acceptors (Lipinski definition) is 3. The molecule has 0 aliphatic rings. The predicted molar refractivity (Wildman–Crippen MR) is 85.4 cm³/mol. The van der Waals surface area contributed by atoms with Gasteiger partial charge in [-0.05, 0) is 26.8 Å². The van der Waals surface area contributed by atoms with Crippen LogP contribution in [0.25, 0.3) is 0 Å². The van der Waals surface area contributed by atoms with E-state index in [1.165, 1.54) is 17.0 Å². The molecule has 0 saturated carbocycles. The summed E-state index contributed by atoms with van der Waals surface area (Å²) >= 11 is 0. The number of hydrogen-bond donors (Lipinski definition) is 1. The molecule has 2 aromatic heterocycles. The SMILES string of the molecule is CCc1nn(CCc2nccn2C)c(CC)c1C(C)NC. The molecule has 0 spiro atoms. The van der Waals surface area contributed by atoms with E-state index in [0.29, 0.717) is 6.04 Å². The molecule has 1 N–H and O–H groups in total. The molecule has 0 aromatic carbocycles. The predicted octanol–water partition coefficient (Wildman–Crippen LogP) is 2.26. The highest BCUT2D eigenvalue weighted by Gasteiger charge is 2.19. The molecule has 0 aliphatic carbocycles. The fourth-order valence-corrected chi connectivity index (χ4v) is 2.87. The summed E-state index contributed by atoms with van der Waals surface area (Å²) in [5, 5.41) is 8.19. The molecular weight excluding hydrogens is 262 g/mol. The third-order valence-electron chi connectivity index (χ3n) is 4.18. The largest absolute Gasteiger partial charge is 0.338 e. The second-order valence-corrected chi connectivity index (χ2v) is 5.45. The van der Waals surface area contributed by atoms with E-state index in [0.717, 1.165) is 31.6 Å². The quantitative estimate of drug-likeness (QED) is 0.850. The Labute approximate surface area is 127 Å². The molecule has 2 aromatic rings. The molecule has 2 rings (SSSR count). The van der Waals surface area contributed by atoms with Crippen LogP contribution in [-0.4, -0.2) is 26.4 Å². The number of rotatable bonds is 7. The zero-order valence-electron chi connectivity index (χ0n) is 13.8. The lowest BCUT2D eigenvalue weighted by atomic mass is 10.0. The van der Waals surface area contributed by atoms with Crippen LogP contribution in [-0.2, 0) is 32.9 Å². The van der Waals surface area contributed by atoms with E-state index in [-0.39, 0.29) is 0 Å². The van der Waals surface area contributed by atoms with E-state index in [1.807, 2.05) is 26.5 Å². The summed E-state index contributed by atoms with van der Waals surface area (Å²) in [6.45, 7) is 7.48. The Morgan fingerprint density at radius 1 is 1.29 bits per heavy atom. The fraction of sp³-hybridized carbons (Fsp3) is 0.625. The zero-order valence-corrected chi connectivity index (χ0v) is 13.8. The van der Waals surface area contributed by atoms with Crippen LogP contribution in [0.5, 0.6) is 0 Å². The molecule has 21 heavy (non-hydrogen) atoms. The molecule has 1 unspecified atom stereocenters. The first-order valence-corrected chi connectivity index (χ1v) is 7.84. The molecule has 1 atom stereocenters. The van der Waals surface area contributed by atoms with E-state index in [9.17, 15) is 0 Å². The lowest BCUT2D eigenvalue weighted by Gasteiger charge is -2.13. The third kappa shape index (κ3) is 3.18. The maximum Gasteiger partial charge on any atom is 0.110 e. The summed E-state index contributed by atoms with van der Waals surface area (Å²) in [5.74, 6) is 1.11. The Hall–Kier alpha value is -1.62. The Morgan fingerprint density at radius 3 is 2.57 bits per heavy atom. The van der Waals surface area contributed by atoms with Crippen LogP contribution in [0, 0.1) is 0 Å². The summed E-state index contributed by atoms with van der Waals surface area (Å²) in [6, 6.07) is 0.344. The van der Waals surface area contributed by atoms with Gasteiger partial charge >= 0.3 is 0 Å². The van der Waals surface area contributed by atoms with Crippen LogP contribution in [0.1, 0.15) is 49.6 Å². The van der Waals surface area contributed by atoms with E-state index < -0.39 is 0 Å². The van der Waals surface area contributed by atoms with Gasteiger partial charge in [0.1, 0.15) is 5.82 Å². The molecule has 0 radical (unpaired) electrons. The Kier molecular flexibility index (Phi) is 5.17. The molecule has 0 bridgehead atoms. The van der Waals surface area contributed by atoms with Gasteiger partial charge in [-0.1, -0.05) is 13.8 Å². The first-order valence-electron chi connectivity index (χ1n) is 7.84. The minimum Gasteiger partial charge on any atom is -0.338 e. The average Bonchev–Trinajstić information content (AvgIpc) is 3.06. The second-order valence-electron chi connectivity index (χ2n) is 5.45. The highest BCUT2D eigenvalue weighted by Crippen LogP contribution is 2.23. The van der Waals surface area contributed by atoms with Crippen molar-refractivity contribution in [2.45, 2.75) is 52.6 Å². The van der Waals surface area contributed by atoms with Gasteiger partial charge in [0.05, 0.1) is 5.69 Å². The van der Waals surface area contributed by atoms with Crippen molar-refractivity contribution in [3.05, 3.63) is 35.2 Å². The van der Waals surface area contributed by atoms with Crippen molar-refractivity contribution >= 4 is 0 Å². The summed E-state index contributed by atoms with van der Waals surface area (Å²) < 4.78 is 4.25. The third-order valence-corrected chi connectivity index (χ3v) is 4.18. The van der Waals surface area contributed by atoms with Gasteiger partial charge in [-0.25, -0.2) is 4.98 Å². The van der Waals surface area contributed by atoms with Crippen LogP contribution in [0.15, 0.2) is 12.4 Å². The van der Waals surface area contributed by atoms with Gasteiger partial charge in [-0.2, -0.15) is 5.10 Å². The van der Waals surface area contributed by atoms with E-state index in [2.05, 4.69) is 40.3 Å². The summed E-state index contributed by atoms with van der Waals surface area (Å²) in [7, 11) is 4.05. The van der Waals surface area contributed by atoms with E-state index in [4.69, 9.17) is 5.10 Å². The van der Waals surface area contributed by atoms with Crippen molar-refractivity contribution in [3.63, 3.8) is 0 Å². The standard InChI is InChI=1S/C16H27N5/c1-6-13-16(12(3)17-4)14(7-2)21(19-13)10-8-15-18-9-11-20(15)5/h9,11-12,17H,6-8,10H2,1-5H3. The summed E-state index contributed by atoms with van der Waals surface area (Å²) in [5.41, 5.74) is 3.94. The molecule has 0 amide bonds. The van der Waals surface area contributed by atoms with E-state index >= 15 is 0 Å². The van der Waals surface area contributed by atoms with Gasteiger partial charge in [0.15, 0.2) is 0 Å². The van der Waals surface area contributed by atoms with E-state index in [1.54, 1.807) is 0 Å². The van der Waals surface area contributed by atoms with Crippen molar-refractivity contribution in [1.82, 2.24) is 24.6 Å². The fourth-order valence-electron chi connectivity index (χ4n) is 2.87. The Balaban J connectivity index is 2.26. The normalized spacial score (nSPS) is 12.8. The maximum absolute atomic E-state index is 4.84. The maximum atomic E-state index is 4.84. The smallest absolute Gasteiger partial charge is 0.110 e. The summed E-state index contributed by atoms with van der Waals surface area (Å²) in [4.78, 5) is 4.40. The number of aryl methyl sites for hydroxylation is 4. The average molecular weight is 289 g/mol. The minimum absolute atomic E-state index is 0.344. The van der Waals surface area contributed by atoms with Crippen molar-refractivity contribution in [2.75, 3.05) is 7.05 Å². The van der Waals surface area contributed by atoms with Crippen LogP contribution >= 0.6 is 0 Å². The zero-order chi connectivity index (χ0) is 15.4. The lowest BCUT2D eigenvalue weighted by molar-refractivity contribution is 0.558. The van der Waals surface area contributed by atoms with Gasteiger partial charge in [-0.15, -0.1) is 0 Å². The van der Waals surface area contributed by atoms with Gasteiger partial charge in [0.25, 0.3) is 0 Å². The molecule has 0 saturated heterocycles. The number of nitrogens with zero attached hydrogens (tertiary/aromatic N) is 4. The highest BCUT2D eigenvalue weighted by atomic mass is 15.3. The minimum atomic E-state index is 0.344. The molecule has 0 aliphatic heterocycles. The molecule has 2 heterocycles. The molecule has 5 heteroatoms. The number of aromatic nitrogens is 4. The summed E-state index contributed by atoms with van der Waals surface area (Å²) in [6.07, 6.45) is 6.74. The molecular formula is C16H27N5. The van der Waals surface area contributed by atoms with Gasteiger partial charge in [0.2, 0.25) is 0 Å². The van der Waals surface area contributed by atoms with Crippen molar-refractivity contribution in [2.24, 2.45) is 7.05 Å². The first kappa shape index (κ1) is 15.8. The molecule has 116 valence electrons. The monoisotopic (exact) mass is 289 g/mol. The van der Waals surface area contributed by atoms with Crippen molar-refractivity contribution in [1.29, 1.82) is 0 Å². The van der Waals surface area contributed by atoms with Gasteiger partial charge < -0.3 is 9.88 Å². The van der Waals surface area contributed by atoms with Crippen LogP contribution in [0.2, 0.25) is 0 Å². The molecule has 0 fully saturated rings. The number of imidazole rings is 1. The Morgan fingerprint density at radius 2 is 2.05 bits per heavy atom. The highest BCUT2D eigenvalue weighted by molar-refractivity contribution is 5.30. The van der Waals surface area contributed by atoms with Crippen molar-refractivity contribution in [3.8, 4) is 0 Å². The van der Waals surface area contributed by atoms with Crippen molar-refractivity contribution < 1.29 is 0 Å². The Bertz CT molecular complexity index is 582. The lowest BCUT2D eigenvalue weighted by Crippen LogP contribution is -2.16. The second kappa shape index (κ2) is 6.89.